The topological polar surface area (TPSA) is 102 Å². The lowest BCUT2D eigenvalue weighted by atomic mass is 9.84. The fourth-order valence-electron chi connectivity index (χ4n) is 5.89. The summed E-state index contributed by atoms with van der Waals surface area (Å²) in [4.78, 5) is 1.48. The van der Waals surface area contributed by atoms with Crippen LogP contribution in [0.4, 0.5) is 18.9 Å². The van der Waals surface area contributed by atoms with E-state index >= 15 is 13.2 Å². The minimum Gasteiger partial charge on any atom is -0.496 e. The van der Waals surface area contributed by atoms with E-state index < -0.39 is 34.3 Å². The number of hydrogen-bond donors (Lipinski definition) is 1. The third-order valence-corrected chi connectivity index (χ3v) is 8.90. The number of anilines is 1. The number of halogens is 3. The number of rotatable bonds is 8. The second kappa shape index (κ2) is 13.4. The van der Waals surface area contributed by atoms with Gasteiger partial charge in [0.2, 0.25) is 0 Å². The molecule has 0 saturated carbocycles. The van der Waals surface area contributed by atoms with Gasteiger partial charge in [0.05, 0.1) is 7.11 Å². The Morgan fingerprint density at radius 1 is 1.04 bits per heavy atom. The Hall–Kier alpha value is -5.24. The van der Waals surface area contributed by atoms with E-state index in [1.165, 1.54) is 58.9 Å². The minimum atomic E-state index is -5.04. The zero-order valence-electron chi connectivity index (χ0n) is 25.2. The van der Waals surface area contributed by atoms with E-state index in [9.17, 15) is 15.8 Å². The fraction of sp³-hybridized carbons (Fsp3) is 0.250. The summed E-state index contributed by atoms with van der Waals surface area (Å²) < 4.78 is 56.4. The lowest BCUT2D eigenvalue weighted by Gasteiger charge is -2.33. The van der Waals surface area contributed by atoms with E-state index in [1.807, 2.05) is 18.2 Å². The number of nitriles is 3. The molecule has 0 saturated heterocycles. The largest absolute Gasteiger partial charge is 0.496 e. The molecule has 1 aromatic heterocycles. The van der Waals surface area contributed by atoms with Crippen molar-refractivity contribution in [1.82, 2.24) is 0 Å². The van der Waals surface area contributed by atoms with E-state index in [2.05, 4.69) is 18.3 Å². The average molecular weight is 639 g/mol. The number of aryl methyl sites for hydroxylation is 1. The van der Waals surface area contributed by atoms with Crippen LogP contribution in [-0.4, -0.2) is 19.8 Å². The third kappa shape index (κ3) is 5.78. The molecule has 6 nitrogen and oxygen atoms in total. The summed E-state index contributed by atoms with van der Waals surface area (Å²) in [5.41, 5.74) is -0.610. The van der Waals surface area contributed by atoms with Crippen LogP contribution in [0.1, 0.15) is 51.8 Å². The van der Waals surface area contributed by atoms with E-state index in [0.717, 1.165) is 54.1 Å². The number of nitrogens with zero attached hydrogens (tertiary/aromatic N) is 3. The first-order valence-electron chi connectivity index (χ1n) is 14.7. The van der Waals surface area contributed by atoms with Gasteiger partial charge in [0.1, 0.15) is 29.5 Å². The minimum absolute atomic E-state index is 0.286. The third-order valence-electron chi connectivity index (χ3n) is 7.88. The Labute approximate surface area is 269 Å². The van der Waals surface area contributed by atoms with Gasteiger partial charge in [-0.25, -0.2) is 0 Å². The Morgan fingerprint density at radius 2 is 1.74 bits per heavy atom. The molecule has 3 aromatic rings. The summed E-state index contributed by atoms with van der Waals surface area (Å²) in [5.74, 6) is 0.134. The standard InChI is InChI=1S/C36H29F3N4O2S/c1-3-8-23-19-24(33(44-2)29-11-7-18-43-32(23)29)12-13-27-14-15-28(46-27)16-17-31-30(22-42)34(25(20-40)21-41)45-35(31,36(37,38)39)26-9-5-4-6-10-26/h4-6,9-10,12-17,19,43H,3,7-8,11,18H2,1-2H3/b13-12+,17-16+. The second-order valence-electron chi connectivity index (χ2n) is 10.7. The van der Waals surface area contributed by atoms with E-state index in [0.29, 0.717) is 4.88 Å². The van der Waals surface area contributed by atoms with Crippen molar-refractivity contribution in [2.75, 3.05) is 19.0 Å². The molecule has 2 aliphatic heterocycles. The zero-order valence-corrected chi connectivity index (χ0v) is 26.0. The monoisotopic (exact) mass is 638 g/mol. The molecular formula is C36H29F3N4O2S. The Kier molecular flexibility index (Phi) is 9.37. The highest BCUT2D eigenvalue weighted by Gasteiger charge is 2.65. The number of ether oxygens (including phenoxy) is 2. The first kappa shape index (κ1) is 32.2. The van der Waals surface area contributed by atoms with Gasteiger partial charge in [0, 0.05) is 44.2 Å². The molecule has 0 amide bonds. The van der Waals surface area contributed by atoms with Crippen LogP contribution in [0.3, 0.4) is 0 Å². The SMILES string of the molecule is CCCc1cc(/C=C/c2ccc(/C=C/C3=C(C#N)C(=C(C#N)C#N)OC3(c3ccccc3)C(F)(F)F)s2)c(OC)c2c1NCCC2. The van der Waals surface area contributed by atoms with Crippen molar-refractivity contribution in [3.05, 3.63) is 109 Å². The van der Waals surface area contributed by atoms with Crippen LogP contribution in [0.2, 0.25) is 0 Å². The summed E-state index contributed by atoms with van der Waals surface area (Å²) in [6.45, 7) is 3.07. The molecule has 232 valence electrons. The molecule has 0 spiro atoms. The molecule has 5 rings (SSSR count). The zero-order chi connectivity index (χ0) is 32.9. The number of benzene rings is 2. The fourth-order valence-corrected chi connectivity index (χ4v) is 6.71. The van der Waals surface area contributed by atoms with Crippen LogP contribution in [0.5, 0.6) is 5.75 Å². The van der Waals surface area contributed by atoms with Crippen LogP contribution < -0.4 is 10.1 Å². The van der Waals surface area contributed by atoms with Crippen molar-refractivity contribution < 1.29 is 22.6 Å². The second-order valence-corrected chi connectivity index (χ2v) is 11.8. The van der Waals surface area contributed by atoms with Crippen molar-refractivity contribution in [3.63, 3.8) is 0 Å². The molecule has 2 aromatic carbocycles. The molecule has 1 unspecified atom stereocenters. The number of methoxy groups -OCH3 is 1. The number of allylic oxidation sites excluding steroid dienone is 2. The van der Waals surface area contributed by atoms with Gasteiger partial charge in [-0.1, -0.05) is 49.8 Å². The molecule has 0 aliphatic carbocycles. The van der Waals surface area contributed by atoms with Crippen molar-refractivity contribution in [2.45, 2.75) is 44.4 Å². The van der Waals surface area contributed by atoms with Crippen LogP contribution in [0, 0.1) is 34.0 Å². The number of nitrogens with one attached hydrogen (secondary N) is 1. The van der Waals surface area contributed by atoms with Gasteiger partial charge in [-0.05, 0) is 61.3 Å². The number of alkyl halides is 3. The molecule has 0 radical (unpaired) electrons. The van der Waals surface area contributed by atoms with Crippen molar-refractivity contribution in [3.8, 4) is 24.0 Å². The molecular weight excluding hydrogens is 609 g/mol. The van der Waals surface area contributed by atoms with E-state index in [1.54, 1.807) is 37.5 Å². The molecule has 2 aliphatic rings. The highest BCUT2D eigenvalue weighted by Crippen LogP contribution is 2.56. The van der Waals surface area contributed by atoms with Gasteiger partial charge in [-0.2, -0.15) is 29.0 Å². The quantitative estimate of drug-likeness (QED) is 0.247. The molecule has 46 heavy (non-hydrogen) atoms. The average Bonchev–Trinajstić information content (AvgIpc) is 3.66. The van der Waals surface area contributed by atoms with Crippen molar-refractivity contribution in [1.29, 1.82) is 15.8 Å². The summed E-state index contributed by atoms with van der Waals surface area (Å²) >= 11 is 1.35. The van der Waals surface area contributed by atoms with Crippen LogP contribution in [0.25, 0.3) is 18.2 Å². The molecule has 1 atom stereocenters. The van der Waals surface area contributed by atoms with Gasteiger partial charge in [0.25, 0.3) is 5.60 Å². The summed E-state index contributed by atoms with van der Waals surface area (Å²) in [7, 11) is 1.67. The Bertz CT molecular complexity index is 1880. The normalized spacial score (nSPS) is 17.7. The maximum absolute atomic E-state index is 15.0. The highest BCUT2D eigenvalue weighted by molar-refractivity contribution is 7.13. The van der Waals surface area contributed by atoms with Gasteiger partial charge in [-0.3, -0.25) is 0 Å². The van der Waals surface area contributed by atoms with Gasteiger partial charge in [-0.15, -0.1) is 11.3 Å². The molecule has 1 N–H and O–H groups in total. The van der Waals surface area contributed by atoms with Crippen molar-refractivity contribution >= 4 is 35.3 Å². The van der Waals surface area contributed by atoms with E-state index in [4.69, 9.17) is 9.47 Å². The molecule has 10 heteroatoms. The van der Waals surface area contributed by atoms with Gasteiger partial charge < -0.3 is 14.8 Å². The Balaban J connectivity index is 1.55. The van der Waals surface area contributed by atoms with Gasteiger partial charge >= 0.3 is 6.18 Å². The molecule has 0 fully saturated rings. The van der Waals surface area contributed by atoms with Crippen LogP contribution >= 0.6 is 11.3 Å². The maximum atomic E-state index is 15.0. The van der Waals surface area contributed by atoms with E-state index in [-0.39, 0.29) is 5.56 Å². The predicted octanol–water partition coefficient (Wildman–Crippen LogP) is 8.86. The summed E-state index contributed by atoms with van der Waals surface area (Å²) in [6.07, 6.45) is 5.42. The lowest BCUT2D eigenvalue weighted by molar-refractivity contribution is -0.249. The lowest BCUT2D eigenvalue weighted by Crippen LogP contribution is -2.43. The number of fused-ring (bicyclic) bond motifs is 1. The highest BCUT2D eigenvalue weighted by atomic mass is 32.1. The maximum Gasteiger partial charge on any atom is 0.437 e. The summed E-state index contributed by atoms with van der Waals surface area (Å²) in [5, 5.41) is 32.4. The molecule has 0 bridgehead atoms. The summed E-state index contributed by atoms with van der Waals surface area (Å²) in [6, 6.07) is 17.5. The molecule has 3 heterocycles. The number of hydrogen-bond acceptors (Lipinski definition) is 7. The van der Waals surface area contributed by atoms with Crippen molar-refractivity contribution in [2.24, 2.45) is 0 Å². The first-order valence-corrected chi connectivity index (χ1v) is 15.5. The van der Waals surface area contributed by atoms with Crippen LogP contribution in [0.15, 0.2) is 77.1 Å². The predicted molar refractivity (Wildman–Crippen MR) is 172 cm³/mol. The first-order chi connectivity index (χ1) is 22.2. The smallest absolute Gasteiger partial charge is 0.437 e. The van der Waals surface area contributed by atoms with Gasteiger partial charge in [0.15, 0.2) is 11.3 Å². The Morgan fingerprint density at radius 3 is 2.35 bits per heavy atom. The number of thiophene rings is 1. The van der Waals surface area contributed by atoms with Crippen LogP contribution in [-0.2, 0) is 23.2 Å².